The third-order valence-corrected chi connectivity index (χ3v) is 5.03. The third-order valence-electron chi connectivity index (χ3n) is 5.03. The third kappa shape index (κ3) is 4.78. The van der Waals surface area contributed by atoms with Crippen LogP contribution in [0.15, 0.2) is 61.1 Å². The van der Waals surface area contributed by atoms with E-state index in [1.807, 2.05) is 18.3 Å². The number of nitrogens with one attached hydrogen (secondary N) is 1. The van der Waals surface area contributed by atoms with Crippen molar-refractivity contribution in [3.05, 3.63) is 72.2 Å². The van der Waals surface area contributed by atoms with E-state index in [0.717, 1.165) is 36.8 Å². The van der Waals surface area contributed by atoms with Gasteiger partial charge in [0.15, 0.2) is 5.82 Å². The van der Waals surface area contributed by atoms with Crippen LogP contribution in [0.25, 0.3) is 0 Å². The molecule has 6 heteroatoms. The zero-order valence-electron chi connectivity index (χ0n) is 15.3. The molecule has 0 aliphatic carbocycles. The molecular weight excluding hydrogens is 336 g/mol. The van der Waals surface area contributed by atoms with Gasteiger partial charge in [-0.2, -0.15) is 10.1 Å². The standard InChI is InChI=1S/C21H24N6/c1-2-5-17(6-3-1)13-18-8-11-27(12-9-18)20-16-24-26-21(25-20)23-15-19-7-4-10-22-14-19/h1-7,10,14,16,18H,8-9,11-13,15H2,(H,23,25,26). The molecule has 1 fully saturated rings. The van der Waals surface area contributed by atoms with Crippen LogP contribution in [0.2, 0.25) is 0 Å². The van der Waals surface area contributed by atoms with Crippen molar-refractivity contribution in [2.24, 2.45) is 5.92 Å². The van der Waals surface area contributed by atoms with Gasteiger partial charge in [0.1, 0.15) is 0 Å². The van der Waals surface area contributed by atoms with Crippen molar-refractivity contribution in [1.29, 1.82) is 0 Å². The van der Waals surface area contributed by atoms with E-state index >= 15 is 0 Å². The Kier molecular flexibility index (Phi) is 5.53. The van der Waals surface area contributed by atoms with Gasteiger partial charge in [-0.3, -0.25) is 4.98 Å². The van der Waals surface area contributed by atoms with Gasteiger partial charge in [-0.1, -0.05) is 36.4 Å². The highest BCUT2D eigenvalue weighted by molar-refractivity contribution is 5.41. The largest absolute Gasteiger partial charge is 0.355 e. The van der Waals surface area contributed by atoms with Crippen LogP contribution in [0.5, 0.6) is 0 Å². The van der Waals surface area contributed by atoms with E-state index in [1.54, 1.807) is 12.4 Å². The molecule has 4 rings (SSSR count). The number of piperidine rings is 1. The topological polar surface area (TPSA) is 66.8 Å². The summed E-state index contributed by atoms with van der Waals surface area (Å²) in [6, 6.07) is 14.7. The van der Waals surface area contributed by atoms with Crippen molar-refractivity contribution in [2.75, 3.05) is 23.3 Å². The molecule has 0 bridgehead atoms. The lowest BCUT2D eigenvalue weighted by Crippen LogP contribution is -2.35. The summed E-state index contributed by atoms with van der Waals surface area (Å²) in [6.07, 6.45) is 8.88. The summed E-state index contributed by atoms with van der Waals surface area (Å²) in [5.74, 6) is 2.20. The Hall–Kier alpha value is -3.02. The van der Waals surface area contributed by atoms with Crippen LogP contribution in [0.1, 0.15) is 24.0 Å². The summed E-state index contributed by atoms with van der Waals surface area (Å²) in [5.41, 5.74) is 2.52. The molecule has 0 amide bonds. The highest BCUT2D eigenvalue weighted by Crippen LogP contribution is 2.24. The van der Waals surface area contributed by atoms with E-state index in [0.29, 0.717) is 12.5 Å². The Balaban J connectivity index is 1.32. The summed E-state index contributed by atoms with van der Waals surface area (Å²) >= 11 is 0. The quantitative estimate of drug-likeness (QED) is 0.727. The lowest BCUT2D eigenvalue weighted by molar-refractivity contribution is 0.402. The second-order valence-electron chi connectivity index (χ2n) is 6.97. The van der Waals surface area contributed by atoms with Gasteiger partial charge in [0.05, 0.1) is 6.20 Å². The molecule has 6 nitrogen and oxygen atoms in total. The Morgan fingerprint density at radius 3 is 2.56 bits per heavy atom. The van der Waals surface area contributed by atoms with E-state index in [2.05, 4.69) is 60.7 Å². The molecule has 27 heavy (non-hydrogen) atoms. The molecule has 0 atom stereocenters. The van der Waals surface area contributed by atoms with E-state index < -0.39 is 0 Å². The number of anilines is 2. The first-order chi connectivity index (χ1) is 13.4. The van der Waals surface area contributed by atoms with Gasteiger partial charge < -0.3 is 10.2 Å². The summed E-state index contributed by atoms with van der Waals surface area (Å²) in [4.78, 5) is 11.1. The van der Waals surface area contributed by atoms with Gasteiger partial charge >= 0.3 is 0 Å². The highest BCUT2D eigenvalue weighted by atomic mass is 15.3. The minimum absolute atomic E-state index is 0.558. The Morgan fingerprint density at radius 1 is 0.963 bits per heavy atom. The van der Waals surface area contributed by atoms with Crippen molar-refractivity contribution in [3.8, 4) is 0 Å². The molecule has 3 heterocycles. The van der Waals surface area contributed by atoms with Crippen LogP contribution in [-0.2, 0) is 13.0 Å². The second-order valence-corrected chi connectivity index (χ2v) is 6.97. The van der Waals surface area contributed by atoms with Crippen molar-refractivity contribution in [3.63, 3.8) is 0 Å². The normalized spacial score (nSPS) is 14.9. The Morgan fingerprint density at radius 2 is 1.78 bits per heavy atom. The van der Waals surface area contributed by atoms with E-state index in [-0.39, 0.29) is 0 Å². The van der Waals surface area contributed by atoms with Crippen molar-refractivity contribution in [2.45, 2.75) is 25.8 Å². The maximum absolute atomic E-state index is 4.64. The average Bonchev–Trinajstić information content (AvgIpc) is 2.75. The number of rotatable bonds is 6. The van der Waals surface area contributed by atoms with Crippen molar-refractivity contribution < 1.29 is 0 Å². The van der Waals surface area contributed by atoms with Crippen LogP contribution in [-0.4, -0.2) is 33.3 Å². The molecule has 2 aromatic heterocycles. The lowest BCUT2D eigenvalue weighted by atomic mass is 9.90. The molecule has 1 aromatic carbocycles. The molecule has 3 aromatic rings. The predicted octanol–water partition coefficient (Wildman–Crippen LogP) is 3.34. The summed E-state index contributed by atoms with van der Waals surface area (Å²) in [5, 5.41) is 11.5. The van der Waals surface area contributed by atoms with Gasteiger partial charge in [-0.25, -0.2) is 0 Å². The number of nitrogens with zero attached hydrogens (tertiary/aromatic N) is 5. The summed E-state index contributed by atoms with van der Waals surface area (Å²) in [7, 11) is 0. The van der Waals surface area contributed by atoms with Crippen molar-refractivity contribution in [1.82, 2.24) is 20.2 Å². The van der Waals surface area contributed by atoms with Gasteiger partial charge in [0, 0.05) is 32.0 Å². The molecule has 1 N–H and O–H groups in total. The number of pyridine rings is 1. The molecular formula is C21H24N6. The second kappa shape index (κ2) is 8.58. The lowest BCUT2D eigenvalue weighted by Gasteiger charge is -2.32. The predicted molar refractivity (Wildman–Crippen MR) is 106 cm³/mol. The van der Waals surface area contributed by atoms with Gasteiger partial charge in [-0.15, -0.1) is 5.10 Å². The monoisotopic (exact) mass is 360 g/mol. The highest BCUT2D eigenvalue weighted by Gasteiger charge is 2.21. The first-order valence-corrected chi connectivity index (χ1v) is 9.48. The van der Waals surface area contributed by atoms with E-state index in [1.165, 1.54) is 18.4 Å². The maximum Gasteiger partial charge on any atom is 0.244 e. The molecule has 1 saturated heterocycles. The summed E-state index contributed by atoms with van der Waals surface area (Å²) in [6.45, 7) is 2.66. The molecule has 1 aliphatic rings. The zero-order chi connectivity index (χ0) is 18.3. The number of hydrogen-bond donors (Lipinski definition) is 1. The maximum atomic E-state index is 4.64. The summed E-state index contributed by atoms with van der Waals surface area (Å²) < 4.78 is 0. The van der Waals surface area contributed by atoms with Crippen LogP contribution in [0, 0.1) is 5.92 Å². The van der Waals surface area contributed by atoms with Crippen LogP contribution < -0.4 is 10.2 Å². The molecule has 0 saturated carbocycles. The molecule has 1 aliphatic heterocycles. The smallest absolute Gasteiger partial charge is 0.244 e. The Labute approximate surface area is 159 Å². The Bertz CT molecular complexity index is 832. The fourth-order valence-corrected chi connectivity index (χ4v) is 3.52. The first kappa shape index (κ1) is 17.4. The molecule has 0 unspecified atom stereocenters. The number of aromatic nitrogens is 4. The SMILES string of the molecule is c1ccc(CC2CCN(c3cnnc(NCc4cccnc4)n3)CC2)cc1. The molecule has 0 radical (unpaired) electrons. The average molecular weight is 360 g/mol. The first-order valence-electron chi connectivity index (χ1n) is 9.48. The minimum Gasteiger partial charge on any atom is -0.355 e. The van der Waals surface area contributed by atoms with Crippen LogP contribution in [0.4, 0.5) is 11.8 Å². The fraction of sp³-hybridized carbons (Fsp3) is 0.333. The van der Waals surface area contributed by atoms with Gasteiger partial charge in [0.2, 0.25) is 5.95 Å². The van der Waals surface area contributed by atoms with Crippen LogP contribution in [0.3, 0.4) is 0 Å². The number of hydrogen-bond acceptors (Lipinski definition) is 6. The van der Waals surface area contributed by atoms with Crippen molar-refractivity contribution >= 4 is 11.8 Å². The van der Waals surface area contributed by atoms with E-state index in [4.69, 9.17) is 0 Å². The van der Waals surface area contributed by atoms with E-state index in [9.17, 15) is 0 Å². The molecule has 0 spiro atoms. The zero-order valence-corrected chi connectivity index (χ0v) is 15.3. The minimum atomic E-state index is 0.558. The van der Waals surface area contributed by atoms with Crippen LogP contribution >= 0.6 is 0 Å². The fourth-order valence-electron chi connectivity index (χ4n) is 3.52. The molecule has 138 valence electrons. The van der Waals surface area contributed by atoms with Gasteiger partial charge in [0.25, 0.3) is 0 Å². The van der Waals surface area contributed by atoms with Gasteiger partial charge in [-0.05, 0) is 42.4 Å². The number of benzene rings is 1.